The average molecular weight is 584 g/mol. The van der Waals surface area contributed by atoms with Crippen molar-refractivity contribution in [3.8, 4) is 17.2 Å². The van der Waals surface area contributed by atoms with E-state index in [0.717, 1.165) is 56.2 Å². The Kier molecular flexibility index (Phi) is 9.06. The van der Waals surface area contributed by atoms with Gasteiger partial charge in [0, 0.05) is 51.4 Å². The summed E-state index contributed by atoms with van der Waals surface area (Å²) >= 11 is 1.25. The normalized spacial score (nSPS) is 15.3. The average Bonchev–Trinajstić information content (AvgIpc) is 3.36. The van der Waals surface area contributed by atoms with Crippen LogP contribution in [0.5, 0.6) is 17.2 Å². The van der Waals surface area contributed by atoms with Crippen LogP contribution in [0, 0.1) is 6.92 Å². The van der Waals surface area contributed by atoms with Gasteiger partial charge in [0.25, 0.3) is 0 Å². The highest BCUT2D eigenvalue weighted by atomic mass is 32.1. The van der Waals surface area contributed by atoms with Crippen molar-refractivity contribution in [2.24, 2.45) is 0 Å². The largest absolute Gasteiger partial charge is 0.493 e. The Labute approximate surface area is 244 Å². The fourth-order valence-electron chi connectivity index (χ4n) is 5.21. The number of esters is 1. The number of hydrogen-bond acceptors (Lipinski definition) is 13. The van der Waals surface area contributed by atoms with Crippen LogP contribution in [0.25, 0.3) is 0 Å². The van der Waals surface area contributed by atoms with Crippen molar-refractivity contribution in [2.75, 3.05) is 70.9 Å². The fourth-order valence-corrected chi connectivity index (χ4v) is 6.06. The van der Waals surface area contributed by atoms with E-state index in [0.29, 0.717) is 58.6 Å². The molecule has 0 atom stereocenters. The highest BCUT2D eigenvalue weighted by Crippen LogP contribution is 2.39. The standard InChI is InChI=1S/C28H37N7O5S/c1-6-40-26(36)24-17(2)30-28(41-24)33-27-31-20-16-34(10-7-19(20)25(32-27)35-11-8-29-9-12-35)15-18-13-21(37-3)23(39-5)22(14-18)38-4/h13-14,29H,6-12,15-16H2,1-5H3,(H,30,31,32,33). The Balaban J connectivity index is 1.43. The summed E-state index contributed by atoms with van der Waals surface area (Å²) in [5.74, 6) is 2.91. The molecule has 0 radical (unpaired) electrons. The van der Waals surface area contributed by atoms with Gasteiger partial charge in [0.1, 0.15) is 10.7 Å². The van der Waals surface area contributed by atoms with E-state index in [1.54, 1.807) is 35.2 Å². The molecule has 0 aliphatic carbocycles. The number of benzene rings is 1. The maximum Gasteiger partial charge on any atom is 0.350 e. The van der Waals surface area contributed by atoms with Crippen molar-refractivity contribution < 1.29 is 23.7 Å². The third-order valence-corrected chi connectivity index (χ3v) is 8.20. The van der Waals surface area contributed by atoms with Crippen molar-refractivity contribution in [3.63, 3.8) is 0 Å². The van der Waals surface area contributed by atoms with Crippen LogP contribution < -0.4 is 29.7 Å². The van der Waals surface area contributed by atoms with Gasteiger partial charge >= 0.3 is 5.97 Å². The van der Waals surface area contributed by atoms with Crippen LogP contribution >= 0.6 is 11.3 Å². The Morgan fingerprint density at radius 1 is 1.05 bits per heavy atom. The van der Waals surface area contributed by atoms with Crippen molar-refractivity contribution in [3.05, 3.63) is 39.5 Å². The first-order valence-corrected chi connectivity index (χ1v) is 14.5. The quantitative estimate of drug-likeness (QED) is 0.341. The van der Waals surface area contributed by atoms with E-state index in [1.807, 2.05) is 12.1 Å². The summed E-state index contributed by atoms with van der Waals surface area (Å²) in [6.07, 6.45) is 0.836. The van der Waals surface area contributed by atoms with E-state index in [4.69, 9.17) is 28.9 Å². The lowest BCUT2D eigenvalue weighted by Gasteiger charge is -2.34. The molecule has 4 heterocycles. The van der Waals surface area contributed by atoms with E-state index in [2.05, 4.69) is 25.4 Å². The molecule has 0 saturated carbocycles. The molecule has 13 heteroatoms. The van der Waals surface area contributed by atoms with Crippen LogP contribution in [-0.2, 0) is 24.2 Å². The first kappa shape index (κ1) is 28.8. The molecule has 0 bridgehead atoms. The second-order valence-electron chi connectivity index (χ2n) is 9.81. The smallest absolute Gasteiger partial charge is 0.350 e. The van der Waals surface area contributed by atoms with Crippen molar-refractivity contribution in [1.82, 2.24) is 25.2 Å². The molecule has 3 aromatic rings. The highest BCUT2D eigenvalue weighted by molar-refractivity contribution is 7.17. The van der Waals surface area contributed by atoms with E-state index in [-0.39, 0.29) is 5.97 Å². The summed E-state index contributed by atoms with van der Waals surface area (Å²) in [7, 11) is 4.86. The number of hydrogen-bond donors (Lipinski definition) is 2. The number of rotatable bonds is 10. The van der Waals surface area contributed by atoms with Crippen molar-refractivity contribution >= 4 is 34.2 Å². The predicted octanol–water partition coefficient (Wildman–Crippen LogP) is 3.16. The Morgan fingerprint density at radius 2 is 1.78 bits per heavy atom. The van der Waals surface area contributed by atoms with Gasteiger partial charge < -0.3 is 29.2 Å². The number of nitrogens with one attached hydrogen (secondary N) is 2. The van der Waals surface area contributed by atoms with Crippen molar-refractivity contribution in [1.29, 1.82) is 0 Å². The second-order valence-corrected chi connectivity index (χ2v) is 10.8. The molecule has 12 nitrogen and oxygen atoms in total. The Bertz CT molecular complexity index is 1370. The first-order valence-electron chi connectivity index (χ1n) is 13.7. The zero-order chi connectivity index (χ0) is 28.9. The van der Waals surface area contributed by atoms with E-state index in [1.165, 1.54) is 16.9 Å². The molecule has 220 valence electrons. The molecular formula is C28H37N7O5S. The Hall–Kier alpha value is -3.68. The molecule has 5 rings (SSSR count). The molecule has 1 saturated heterocycles. The van der Waals surface area contributed by atoms with Gasteiger partial charge in [0.2, 0.25) is 11.7 Å². The van der Waals surface area contributed by atoms with Crippen LogP contribution in [0.4, 0.5) is 16.9 Å². The van der Waals surface area contributed by atoms with Gasteiger partial charge in [-0.25, -0.2) is 14.8 Å². The maximum absolute atomic E-state index is 12.3. The van der Waals surface area contributed by atoms with Crippen LogP contribution in [0.1, 0.15) is 39.1 Å². The number of carbonyl (C=O) groups excluding carboxylic acids is 1. The van der Waals surface area contributed by atoms with Crippen LogP contribution in [0.15, 0.2) is 12.1 Å². The topological polar surface area (TPSA) is 123 Å². The summed E-state index contributed by atoms with van der Waals surface area (Å²) < 4.78 is 21.8. The van der Waals surface area contributed by atoms with Crippen molar-refractivity contribution in [2.45, 2.75) is 33.4 Å². The first-order chi connectivity index (χ1) is 19.9. The second kappa shape index (κ2) is 12.9. The number of aryl methyl sites for hydroxylation is 1. The number of aromatic nitrogens is 3. The molecule has 0 spiro atoms. The van der Waals surface area contributed by atoms with Gasteiger partial charge in [0.15, 0.2) is 16.6 Å². The highest BCUT2D eigenvalue weighted by Gasteiger charge is 2.27. The molecule has 0 unspecified atom stereocenters. The lowest BCUT2D eigenvalue weighted by molar-refractivity contribution is 0.0531. The minimum absolute atomic E-state index is 0.313. The summed E-state index contributed by atoms with van der Waals surface area (Å²) in [4.78, 5) is 31.9. The molecule has 2 aliphatic heterocycles. The molecular weight excluding hydrogens is 546 g/mol. The number of fused-ring (bicyclic) bond motifs is 1. The fraction of sp³-hybridized carbons (Fsp3) is 0.500. The number of piperazine rings is 1. The summed E-state index contributed by atoms with van der Waals surface area (Å²) in [6.45, 7) is 9.69. The van der Waals surface area contributed by atoms with E-state index >= 15 is 0 Å². The molecule has 1 aromatic carbocycles. The minimum Gasteiger partial charge on any atom is -0.493 e. The number of carbonyl (C=O) groups is 1. The van der Waals surface area contributed by atoms with Crippen LogP contribution in [0.3, 0.4) is 0 Å². The summed E-state index contributed by atoms with van der Waals surface area (Å²) in [5, 5.41) is 7.25. The third kappa shape index (κ3) is 6.31. The van der Waals surface area contributed by atoms with Gasteiger partial charge in [-0.1, -0.05) is 11.3 Å². The molecule has 41 heavy (non-hydrogen) atoms. The number of nitrogens with zero attached hydrogens (tertiary/aromatic N) is 5. The van der Waals surface area contributed by atoms with Crippen LogP contribution in [0.2, 0.25) is 0 Å². The predicted molar refractivity (Wildman–Crippen MR) is 157 cm³/mol. The monoisotopic (exact) mass is 583 g/mol. The lowest BCUT2D eigenvalue weighted by atomic mass is 10.0. The zero-order valence-electron chi connectivity index (χ0n) is 24.2. The summed E-state index contributed by atoms with van der Waals surface area (Å²) in [5.41, 5.74) is 3.84. The zero-order valence-corrected chi connectivity index (χ0v) is 25.0. The molecule has 2 aliphatic rings. The molecule has 2 N–H and O–H groups in total. The molecule has 2 aromatic heterocycles. The minimum atomic E-state index is -0.370. The summed E-state index contributed by atoms with van der Waals surface area (Å²) in [6, 6.07) is 3.98. The van der Waals surface area contributed by atoms with E-state index < -0.39 is 0 Å². The van der Waals surface area contributed by atoms with Gasteiger partial charge in [-0.2, -0.15) is 4.98 Å². The third-order valence-electron chi connectivity index (χ3n) is 7.15. The van der Waals surface area contributed by atoms with Gasteiger partial charge in [-0.05, 0) is 38.0 Å². The SMILES string of the molecule is CCOC(=O)c1sc(Nc2nc3c(c(N4CCNCC4)n2)CCN(Cc2cc(OC)c(OC)c(OC)c2)C3)nc1C. The van der Waals surface area contributed by atoms with E-state index in [9.17, 15) is 4.79 Å². The number of ether oxygens (including phenoxy) is 4. The van der Waals surface area contributed by atoms with Gasteiger partial charge in [-0.15, -0.1) is 0 Å². The van der Waals surface area contributed by atoms with Gasteiger partial charge in [0.05, 0.1) is 39.3 Å². The maximum atomic E-state index is 12.3. The number of anilines is 3. The number of thiazole rings is 1. The van der Waals surface area contributed by atoms with Crippen LogP contribution in [-0.4, -0.2) is 86.5 Å². The lowest BCUT2D eigenvalue weighted by Crippen LogP contribution is -2.45. The van der Waals surface area contributed by atoms with Gasteiger partial charge in [-0.3, -0.25) is 10.2 Å². The molecule has 1 fully saturated rings. The molecule has 0 amide bonds. The Morgan fingerprint density at radius 3 is 2.44 bits per heavy atom. The number of methoxy groups -OCH3 is 3.